The number of carboxylic acids is 1. The van der Waals surface area contributed by atoms with Crippen molar-refractivity contribution in [3.63, 3.8) is 0 Å². The van der Waals surface area contributed by atoms with E-state index in [4.69, 9.17) is 16.1 Å². The lowest BCUT2D eigenvalue weighted by Crippen LogP contribution is -2.40. The maximum absolute atomic E-state index is 11.9. The van der Waals surface area contributed by atoms with Crippen LogP contribution in [0, 0.1) is 12.3 Å². The summed E-state index contributed by atoms with van der Waals surface area (Å²) in [7, 11) is 0. The Morgan fingerprint density at radius 2 is 2.10 bits per heavy atom. The molecular formula is C15H12N2O4. The van der Waals surface area contributed by atoms with Gasteiger partial charge in [-0.3, -0.25) is 4.79 Å². The van der Waals surface area contributed by atoms with Crippen LogP contribution in [0.4, 0.5) is 0 Å². The Kier molecular flexibility index (Phi) is 4.36. The van der Waals surface area contributed by atoms with Crippen LogP contribution in [0.3, 0.4) is 0 Å². The molecule has 0 aliphatic carbocycles. The molecule has 0 aliphatic rings. The first-order chi connectivity index (χ1) is 10.1. The summed E-state index contributed by atoms with van der Waals surface area (Å²) in [5.41, 5.74) is 1.28. The van der Waals surface area contributed by atoms with Gasteiger partial charge >= 0.3 is 5.97 Å². The fraction of sp³-hybridized carbons (Fsp3) is 0.133. The van der Waals surface area contributed by atoms with Gasteiger partial charge < -0.3 is 14.9 Å². The number of hydrogen-bond donors (Lipinski definition) is 2. The minimum absolute atomic E-state index is 0.0721. The molecule has 1 unspecified atom stereocenters. The molecular weight excluding hydrogens is 272 g/mol. The lowest BCUT2D eigenvalue weighted by molar-refractivity contribution is -0.139. The van der Waals surface area contributed by atoms with Crippen molar-refractivity contribution in [1.29, 1.82) is 0 Å². The number of nitrogens with one attached hydrogen (secondary N) is 1. The summed E-state index contributed by atoms with van der Waals surface area (Å²) >= 11 is 0. The highest BCUT2D eigenvalue weighted by atomic mass is 16.5. The van der Waals surface area contributed by atoms with Crippen molar-refractivity contribution in [3.05, 3.63) is 42.2 Å². The van der Waals surface area contributed by atoms with E-state index in [1.807, 2.05) is 30.3 Å². The van der Waals surface area contributed by atoms with Gasteiger partial charge in [0.2, 0.25) is 5.76 Å². The van der Waals surface area contributed by atoms with E-state index in [9.17, 15) is 9.59 Å². The van der Waals surface area contributed by atoms with Crippen LogP contribution in [0.1, 0.15) is 17.0 Å². The number of amides is 1. The van der Waals surface area contributed by atoms with Crippen LogP contribution in [-0.4, -0.2) is 28.2 Å². The van der Waals surface area contributed by atoms with Crippen molar-refractivity contribution >= 4 is 11.9 Å². The molecule has 2 rings (SSSR count). The number of nitrogens with zero attached hydrogens (tertiary/aromatic N) is 1. The van der Waals surface area contributed by atoms with Crippen molar-refractivity contribution in [2.24, 2.45) is 0 Å². The summed E-state index contributed by atoms with van der Waals surface area (Å²) in [6, 6.07) is 9.44. The number of aromatic nitrogens is 1. The first-order valence-corrected chi connectivity index (χ1v) is 6.11. The first-order valence-electron chi connectivity index (χ1n) is 6.11. The lowest BCUT2D eigenvalue weighted by Gasteiger charge is -2.09. The molecule has 0 saturated carbocycles. The highest BCUT2D eigenvalue weighted by molar-refractivity contribution is 5.95. The molecule has 1 amide bonds. The minimum Gasteiger partial charge on any atom is -0.480 e. The highest BCUT2D eigenvalue weighted by Crippen LogP contribution is 2.18. The van der Waals surface area contributed by atoms with E-state index in [-0.39, 0.29) is 12.2 Å². The molecule has 0 bridgehead atoms. The number of rotatable bonds is 5. The number of carboxylic acid groups (broad SMARTS) is 1. The van der Waals surface area contributed by atoms with E-state index in [1.54, 1.807) is 0 Å². The Balaban J connectivity index is 2.12. The zero-order valence-electron chi connectivity index (χ0n) is 10.9. The summed E-state index contributed by atoms with van der Waals surface area (Å²) < 4.78 is 4.93. The zero-order chi connectivity index (χ0) is 15.2. The summed E-state index contributed by atoms with van der Waals surface area (Å²) in [6.45, 7) is 0. The Morgan fingerprint density at radius 1 is 1.38 bits per heavy atom. The topological polar surface area (TPSA) is 92.4 Å². The van der Waals surface area contributed by atoms with Gasteiger partial charge in [-0.2, -0.15) is 0 Å². The Labute approximate surface area is 120 Å². The average molecular weight is 284 g/mol. The minimum atomic E-state index is -1.20. The van der Waals surface area contributed by atoms with Crippen molar-refractivity contribution in [3.8, 4) is 23.6 Å². The van der Waals surface area contributed by atoms with Crippen LogP contribution in [0.5, 0.6) is 0 Å². The van der Waals surface area contributed by atoms with Crippen molar-refractivity contribution < 1.29 is 19.2 Å². The third kappa shape index (κ3) is 3.48. The van der Waals surface area contributed by atoms with E-state index in [0.29, 0.717) is 5.69 Å². The molecule has 1 atom stereocenters. The van der Waals surface area contributed by atoms with Crippen LogP contribution >= 0.6 is 0 Å². The molecule has 1 aromatic carbocycles. The van der Waals surface area contributed by atoms with Gasteiger partial charge in [0.05, 0.1) is 0 Å². The fourth-order valence-corrected chi connectivity index (χ4v) is 1.67. The molecule has 21 heavy (non-hydrogen) atoms. The van der Waals surface area contributed by atoms with Crippen LogP contribution in [0.15, 0.2) is 40.9 Å². The maximum atomic E-state index is 11.9. The number of aliphatic carboxylic acids is 1. The maximum Gasteiger partial charge on any atom is 0.327 e. The number of hydrogen-bond acceptors (Lipinski definition) is 4. The third-order valence-corrected chi connectivity index (χ3v) is 2.73. The number of terminal acetylenes is 1. The highest BCUT2D eigenvalue weighted by Gasteiger charge is 2.22. The van der Waals surface area contributed by atoms with Gasteiger partial charge in [0, 0.05) is 18.1 Å². The zero-order valence-corrected chi connectivity index (χ0v) is 10.9. The summed E-state index contributed by atoms with van der Waals surface area (Å²) in [5, 5.41) is 15.0. The predicted molar refractivity (Wildman–Crippen MR) is 74.3 cm³/mol. The van der Waals surface area contributed by atoms with Crippen molar-refractivity contribution in [1.82, 2.24) is 10.5 Å². The lowest BCUT2D eigenvalue weighted by atomic mass is 10.1. The summed E-state index contributed by atoms with van der Waals surface area (Å²) in [4.78, 5) is 22.8. The Bertz CT molecular complexity index is 685. The van der Waals surface area contributed by atoms with Crippen molar-refractivity contribution in [2.45, 2.75) is 12.5 Å². The standard InChI is InChI=1S/C15H12N2O4/c1-2-6-11(15(19)20)16-14(18)13-9-12(17-21-13)10-7-4-3-5-8-10/h1,3-5,7-9,11H,6H2,(H,16,18)(H,19,20). The molecule has 1 aromatic heterocycles. The molecule has 0 spiro atoms. The molecule has 106 valence electrons. The Hall–Kier alpha value is -3.07. The second-order valence-electron chi connectivity index (χ2n) is 4.21. The van der Waals surface area contributed by atoms with Crippen molar-refractivity contribution in [2.75, 3.05) is 0 Å². The smallest absolute Gasteiger partial charge is 0.327 e. The molecule has 6 nitrogen and oxygen atoms in total. The molecule has 6 heteroatoms. The summed E-state index contributed by atoms with van der Waals surface area (Å²) in [5.74, 6) is 0.245. The van der Waals surface area contributed by atoms with E-state index >= 15 is 0 Å². The monoisotopic (exact) mass is 284 g/mol. The van der Waals surface area contributed by atoms with Crippen LogP contribution in [-0.2, 0) is 4.79 Å². The third-order valence-electron chi connectivity index (χ3n) is 2.73. The van der Waals surface area contributed by atoms with Gasteiger partial charge in [-0.1, -0.05) is 35.5 Å². The molecule has 0 radical (unpaired) electrons. The number of benzene rings is 1. The van der Waals surface area contributed by atoms with E-state index in [1.165, 1.54) is 6.07 Å². The number of carbonyl (C=O) groups is 2. The average Bonchev–Trinajstić information content (AvgIpc) is 2.97. The summed E-state index contributed by atoms with van der Waals surface area (Å²) in [6.07, 6.45) is 4.95. The molecule has 2 aromatic rings. The van der Waals surface area contributed by atoms with Gasteiger partial charge in [-0.05, 0) is 0 Å². The van der Waals surface area contributed by atoms with Gasteiger partial charge in [0.25, 0.3) is 5.91 Å². The first kappa shape index (κ1) is 14.3. The van der Waals surface area contributed by atoms with Crippen LogP contribution < -0.4 is 5.32 Å². The molecule has 0 saturated heterocycles. The Morgan fingerprint density at radius 3 is 2.71 bits per heavy atom. The van der Waals surface area contributed by atoms with Crippen LogP contribution in [0.25, 0.3) is 11.3 Å². The van der Waals surface area contributed by atoms with Gasteiger partial charge in [-0.15, -0.1) is 12.3 Å². The molecule has 0 fully saturated rings. The molecule has 2 N–H and O–H groups in total. The van der Waals surface area contributed by atoms with Gasteiger partial charge in [0.15, 0.2) is 0 Å². The van der Waals surface area contributed by atoms with Crippen LogP contribution in [0.2, 0.25) is 0 Å². The molecule has 1 heterocycles. The normalized spacial score (nSPS) is 11.4. The van der Waals surface area contributed by atoms with Gasteiger partial charge in [0.1, 0.15) is 11.7 Å². The fourth-order valence-electron chi connectivity index (χ4n) is 1.67. The predicted octanol–water partition coefficient (Wildman–Crippen LogP) is 1.55. The SMILES string of the molecule is C#CCC(NC(=O)c1cc(-c2ccccc2)no1)C(=O)O. The van der Waals surface area contributed by atoms with E-state index < -0.39 is 17.9 Å². The second kappa shape index (κ2) is 6.39. The van der Waals surface area contributed by atoms with Gasteiger partial charge in [-0.25, -0.2) is 4.79 Å². The molecule has 0 aliphatic heterocycles. The van der Waals surface area contributed by atoms with E-state index in [0.717, 1.165) is 5.56 Å². The largest absolute Gasteiger partial charge is 0.480 e. The van der Waals surface area contributed by atoms with E-state index in [2.05, 4.69) is 16.4 Å². The number of carbonyl (C=O) groups excluding carboxylic acids is 1. The quantitative estimate of drug-likeness (QED) is 0.813. The second-order valence-corrected chi connectivity index (χ2v) is 4.21.